The third-order valence-corrected chi connectivity index (χ3v) is 3.70. The van der Waals surface area contributed by atoms with Gasteiger partial charge >= 0.3 is 0 Å². The Labute approximate surface area is 125 Å². The molecule has 1 aromatic rings. The van der Waals surface area contributed by atoms with Crippen molar-refractivity contribution in [3.63, 3.8) is 0 Å². The number of benzene rings is 1. The minimum absolute atomic E-state index is 0.0198. The third-order valence-electron chi connectivity index (χ3n) is 3.47. The average Bonchev–Trinajstić information content (AvgIpc) is 2.36. The molecule has 4 nitrogen and oxygen atoms in total. The van der Waals surface area contributed by atoms with Crippen molar-refractivity contribution in [2.45, 2.75) is 39.0 Å². The highest BCUT2D eigenvalue weighted by atomic mass is 35.5. The average molecular weight is 297 g/mol. The molecule has 1 fully saturated rings. The summed E-state index contributed by atoms with van der Waals surface area (Å²) in [5.74, 6) is -0.0198. The standard InChI is InChI=1S/C15H21ClN2O2/c1-10-8-18(9-11(2)20-10)12(3)15(19)17-14-6-4-5-13(16)7-14/h4-7,10-12H,8-9H2,1-3H3,(H,17,19). The number of carbonyl (C=O) groups is 1. The number of nitrogens with one attached hydrogen (secondary N) is 1. The van der Waals surface area contributed by atoms with Gasteiger partial charge in [0.15, 0.2) is 0 Å². The molecule has 0 bridgehead atoms. The molecule has 110 valence electrons. The van der Waals surface area contributed by atoms with E-state index >= 15 is 0 Å². The molecule has 0 saturated carbocycles. The molecule has 5 heteroatoms. The van der Waals surface area contributed by atoms with Crippen LogP contribution in [0, 0.1) is 0 Å². The maximum Gasteiger partial charge on any atom is 0.241 e. The quantitative estimate of drug-likeness (QED) is 0.932. The highest BCUT2D eigenvalue weighted by Gasteiger charge is 2.29. The second-order valence-corrected chi connectivity index (χ2v) is 5.82. The minimum Gasteiger partial charge on any atom is -0.373 e. The van der Waals surface area contributed by atoms with Gasteiger partial charge in [-0.25, -0.2) is 0 Å². The van der Waals surface area contributed by atoms with Crippen molar-refractivity contribution in [1.82, 2.24) is 4.90 Å². The fraction of sp³-hybridized carbons (Fsp3) is 0.533. The van der Waals surface area contributed by atoms with Gasteiger partial charge in [-0.1, -0.05) is 17.7 Å². The Kier molecular flexibility index (Phi) is 5.02. The zero-order chi connectivity index (χ0) is 14.7. The van der Waals surface area contributed by atoms with Gasteiger partial charge in [-0.05, 0) is 39.0 Å². The lowest BCUT2D eigenvalue weighted by atomic mass is 10.1. The smallest absolute Gasteiger partial charge is 0.241 e. The monoisotopic (exact) mass is 296 g/mol. The van der Waals surface area contributed by atoms with Crippen LogP contribution < -0.4 is 5.32 Å². The first-order chi connectivity index (χ1) is 9.45. The third kappa shape index (κ3) is 3.95. The number of rotatable bonds is 3. The van der Waals surface area contributed by atoms with Gasteiger partial charge in [-0.3, -0.25) is 9.69 Å². The Morgan fingerprint density at radius 3 is 2.65 bits per heavy atom. The summed E-state index contributed by atoms with van der Waals surface area (Å²) in [4.78, 5) is 14.5. The molecule has 3 atom stereocenters. The first-order valence-electron chi connectivity index (χ1n) is 6.91. The summed E-state index contributed by atoms with van der Waals surface area (Å²) in [6.07, 6.45) is 0.306. The Balaban J connectivity index is 1.98. The first kappa shape index (κ1) is 15.3. The number of amides is 1. The Morgan fingerprint density at radius 1 is 1.40 bits per heavy atom. The molecule has 0 radical (unpaired) electrons. The Hall–Kier alpha value is -1.10. The first-order valence-corrected chi connectivity index (χ1v) is 7.29. The normalized spacial score (nSPS) is 25.2. The van der Waals surface area contributed by atoms with E-state index in [0.29, 0.717) is 5.02 Å². The van der Waals surface area contributed by atoms with Gasteiger partial charge in [0, 0.05) is 23.8 Å². The molecular formula is C15H21ClN2O2. The molecule has 2 rings (SSSR count). The van der Waals surface area contributed by atoms with E-state index in [-0.39, 0.29) is 24.2 Å². The molecule has 1 N–H and O–H groups in total. The number of ether oxygens (including phenoxy) is 1. The molecule has 1 saturated heterocycles. The number of hydrogen-bond acceptors (Lipinski definition) is 3. The fourth-order valence-corrected chi connectivity index (χ4v) is 2.70. The molecule has 3 unspecified atom stereocenters. The van der Waals surface area contributed by atoms with Gasteiger partial charge in [-0.15, -0.1) is 0 Å². The summed E-state index contributed by atoms with van der Waals surface area (Å²) < 4.78 is 5.69. The van der Waals surface area contributed by atoms with Gasteiger partial charge in [0.25, 0.3) is 0 Å². The Morgan fingerprint density at radius 2 is 2.05 bits per heavy atom. The van der Waals surface area contributed by atoms with Crippen LogP contribution >= 0.6 is 11.6 Å². The molecule has 0 spiro atoms. The van der Waals surface area contributed by atoms with Gasteiger partial charge in [0.1, 0.15) is 0 Å². The number of hydrogen-bond donors (Lipinski definition) is 1. The van der Waals surface area contributed by atoms with E-state index in [2.05, 4.69) is 10.2 Å². The van der Waals surface area contributed by atoms with Crippen LogP contribution in [0.1, 0.15) is 20.8 Å². The molecule has 0 aromatic heterocycles. The molecule has 0 aliphatic carbocycles. The number of nitrogens with zero attached hydrogens (tertiary/aromatic N) is 1. The lowest BCUT2D eigenvalue weighted by Crippen LogP contribution is -2.52. The molecule has 20 heavy (non-hydrogen) atoms. The molecule has 1 aromatic carbocycles. The number of halogens is 1. The zero-order valence-electron chi connectivity index (χ0n) is 12.1. The van der Waals surface area contributed by atoms with Crippen molar-refractivity contribution in [1.29, 1.82) is 0 Å². The maximum atomic E-state index is 12.3. The van der Waals surface area contributed by atoms with Gasteiger partial charge in [0.2, 0.25) is 5.91 Å². The second-order valence-electron chi connectivity index (χ2n) is 5.39. The van der Waals surface area contributed by atoms with Gasteiger partial charge < -0.3 is 10.1 Å². The van der Waals surface area contributed by atoms with E-state index in [0.717, 1.165) is 18.8 Å². The number of morpholine rings is 1. The van der Waals surface area contributed by atoms with Crippen molar-refractivity contribution in [2.75, 3.05) is 18.4 Å². The van der Waals surface area contributed by atoms with E-state index in [1.807, 2.05) is 32.9 Å². The second kappa shape index (κ2) is 6.57. The number of anilines is 1. The van der Waals surface area contributed by atoms with Crippen LogP contribution in [0.4, 0.5) is 5.69 Å². The largest absolute Gasteiger partial charge is 0.373 e. The fourth-order valence-electron chi connectivity index (χ4n) is 2.51. The number of carbonyl (C=O) groups excluding carboxylic acids is 1. The van der Waals surface area contributed by atoms with Crippen LogP contribution in [0.2, 0.25) is 5.02 Å². The van der Waals surface area contributed by atoms with Crippen LogP contribution in [0.3, 0.4) is 0 Å². The molecule has 1 aliphatic rings. The topological polar surface area (TPSA) is 41.6 Å². The highest BCUT2D eigenvalue weighted by molar-refractivity contribution is 6.30. The van der Waals surface area contributed by atoms with Crippen molar-refractivity contribution in [3.05, 3.63) is 29.3 Å². The van der Waals surface area contributed by atoms with Gasteiger partial charge in [-0.2, -0.15) is 0 Å². The van der Waals surface area contributed by atoms with Crippen molar-refractivity contribution >= 4 is 23.2 Å². The van der Waals surface area contributed by atoms with E-state index in [9.17, 15) is 4.79 Å². The van der Waals surface area contributed by atoms with E-state index < -0.39 is 0 Å². The highest BCUT2D eigenvalue weighted by Crippen LogP contribution is 2.17. The minimum atomic E-state index is -0.192. The van der Waals surface area contributed by atoms with Crippen molar-refractivity contribution < 1.29 is 9.53 Å². The van der Waals surface area contributed by atoms with E-state index in [1.54, 1.807) is 12.1 Å². The van der Waals surface area contributed by atoms with Gasteiger partial charge in [0.05, 0.1) is 18.2 Å². The summed E-state index contributed by atoms with van der Waals surface area (Å²) >= 11 is 5.92. The van der Waals surface area contributed by atoms with E-state index in [4.69, 9.17) is 16.3 Å². The predicted octanol–water partition coefficient (Wildman–Crippen LogP) is 2.78. The molecule has 1 amide bonds. The Bertz CT molecular complexity index is 471. The maximum absolute atomic E-state index is 12.3. The van der Waals surface area contributed by atoms with Crippen LogP contribution in [-0.4, -0.2) is 42.1 Å². The lowest BCUT2D eigenvalue weighted by Gasteiger charge is -2.38. The molecule has 1 aliphatic heterocycles. The summed E-state index contributed by atoms with van der Waals surface area (Å²) in [5, 5.41) is 3.52. The molecular weight excluding hydrogens is 276 g/mol. The van der Waals surface area contributed by atoms with Crippen LogP contribution in [0.5, 0.6) is 0 Å². The van der Waals surface area contributed by atoms with Crippen LogP contribution in [-0.2, 0) is 9.53 Å². The summed E-state index contributed by atoms with van der Waals surface area (Å²) in [5.41, 5.74) is 0.726. The zero-order valence-corrected chi connectivity index (χ0v) is 12.9. The predicted molar refractivity (Wildman–Crippen MR) is 81.1 cm³/mol. The summed E-state index contributed by atoms with van der Waals surface area (Å²) in [7, 11) is 0. The summed E-state index contributed by atoms with van der Waals surface area (Å²) in [6.45, 7) is 7.53. The lowest BCUT2D eigenvalue weighted by molar-refractivity contribution is -0.126. The van der Waals surface area contributed by atoms with E-state index in [1.165, 1.54) is 0 Å². The van der Waals surface area contributed by atoms with Crippen molar-refractivity contribution in [2.24, 2.45) is 0 Å². The van der Waals surface area contributed by atoms with Crippen LogP contribution in [0.25, 0.3) is 0 Å². The summed E-state index contributed by atoms with van der Waals surface area (Å²) in [6, 6.07) is 6.99. The molecule has 1 heterocycles. The SMILES string of the molecule is CC1CN(C(C)C(=O)Nc2cccc(Cl)c2)CC(C)O1. The van der Waals surface area contributed by atoms with Crippen molar-refractivity contribution in [3.8, 4) is 0 Å². The van der Waals surface area contributed by atoms with Crippen LogP contribution in [0.15, 0.2) is 24.3 Å².